The van der Waals surface area contributed by atoms with Crippen molar-refractivity contribution in [2.45, 2.75) is 38.6 Å². The van der Waals surface area contributed by atoms with Crippen LogP contribution in [0.5, 0.6) is 11.5 Å². The normalized spacial score (nSPS) is 21.5. The first kappa shape index (κ1) is 22.1. The van der Waals surface area contributed by atoms with E-state index in [1.54, 1.807) is 0 Å². The summed E-state index contributed by atoms with van der Waals surface area (Å²) in [5.41, 5.74) is -0.603. The van der Waals surface area contributed by atoms with Crippen molar-refractivity contribution >= 4 is 11.7 Å². The lowest BCUT2D eigenvalue weighted by Gasteiger charge is -2.37. The van der Waals surface area contributed by atoms with Crippen molar-refractivity contribution in [3.63, 3.8) is 0 Å². The molecule has 32 heavy (non-hydrogen) atoms. The molecule has 8 nitrogen and oxygen atoms in total. The summed E-state index contributed by atoms with van der Waals surface area (Å²) in [5, 5.41) is 9.07. The van der Waals surface area contributed by atoms with Gasteiger partial charge in [0, 0.05) is 32.2 Å². The minimum atomic E-state index is -4.83. The third kappa shape index (κ3) is 4.43. The van der Waals surface area contributed by atoms with E-state index in [4.69, 9.17) is 9.84 Å². The molecule has 2 bridgehead atoms. The number of rotatable bonds is 5. The minimum absolute atomic E-state index is 0.0627. The van der Waals surface area contributed by atoms with Crippen molar-refractivity contribution in [2.75, 3.05) is 6.61 Å². The first-order chi connectivity index (χ1) is 15.2. The summed E-state index contributed by atoms with van der Waals surface area (Å²) in [6, 6.07) is 5.12. The van der Waals surface area contributed by atoms with E-state index in [2.05, 4.69) is 9.73 Å². The van der Waals surface area contributed by atoms with E-state index in [0.29, 0.717) is 12.0 Å². The number of nitrogens with zero attached hydrogens (tertiary/aromatic N) is 3. The monoisotopic (exact) mass is 453 g/mol. The van der Waals surface area contributed by atoms with Crippen LogP contribution in [0.15, 0.2) is 38.8 Å². The number of alkyl halides is 3. The Morgan fingerprint density at radius 1 is 1.22 bits per heavy atom. The van der Waals surface area contributed by atoms with Crippen LogP contribution in [0.3, 0.4) is 0 Å². The zero-order chi connectivity index (χ0) is 23.0. The highest BCUT2D eigenvalue weighted by atomic mass is 19.4. The summed E-state index contributed by atoms with van der Waals surface area (Å²) in [4.78, 5) is 30.2. The van der Waals surface area contributed by atoms with Gasteiger partial charge >= 0.3 is 12.1 Å². The highest BCUT2D eigenvalue weighted by molar-refractivity contribution is 5.85. The van der Waals surface area contributed by atoms with E-state index >= 15 is 0 Å². The van der Waals surface area contributed by atoms with Gasteiger partial charge < -0.3 is 14.6 Å². The number of hydrogen-bond donors (Lipinski definition) is 1. The molecule has 0 atom stereocenters. The van der Waals surface area contributed by atoms with Crippen LogP contribution in [-0.2, 0) is 20.0 Å². The molecule has 5 rings (SSSR count). The molecule has 1 N–H and O–H groups in total. The molecule has 1 saturated carbocycles. The van der Waals surface area contributed by atoms with Crippen LogP contribution in [0.25, 0.3) is 0 Å². The quantitative estimate of drug-likeness (QED) is 0.751. The summed E-state index contributed by atoms with van der Waals surface area (Å²) >= 11 is 0. The summed E-state index contributed by atoms with van der Waals surface area (Å²) in [5.74, 6) is 0.266. The Bertz CT molecular complexity index is 1160. The fourth-order valence-corrected chi connectivity index (χ4v) is 4.12. The van der Waals surface area contributed by atoms with E-state index in [1.165, 1.54) is 23.7 Å². The van der Waals surface area contributed by atoms with Gasteiger partial charge in [-0.2, -0.15) is 4.99 Å². The molecule has 0 saturated heterocycles. The van der Waals surface area contributed by atoms with E-state index in [0.717, 1.165) is 29.5 Å². The standard InChI is InChI=1S/C21H22F3N3O5/c1-26-17-16(19(29)27(20(26)30)6-3-7-28)10-12-8-13(9-12)18(25-17)31-14-4-2-5-15(11-14)32-21(22,23)24/h2,4-5,11-13,28H,3,6-10H2,1H3/b25-18+. The Hall–Kier alpha value is -3.08. The van der Waals surface area contributed by atoms with Gasteiger partial charge in [-0.3, -0.25) is 13.9 Å². The maximum absolute atomic E-state index is 13.0. The lowest BCUT2D eigenvalue weighted by molar-refractivity contribution is -0.274. The first-order valence-electron chi connectivity index (χ1n) is 10.2. The molecule has 3 aliphatic rings. The van der Waals surface area contributed by atoms with Gasteiger partial charge in [-0.05, 0) is 43.7 Å². The SMILES string of the molecule is Cn1c2c(c(=O)n(CCCO)c1=O)CC1CC(C1)/C(Oc1cccc(OC(F)(F)F)c1)=N\2. The van der Waals surface area contributed by atoms with E-state index in [1.807, 2.05) is 0 Å². The minimum Gasteiger partial charge on any atom is -0.442 e. The van der Waals surface area contributed by atoms with E-state index in [-0.39, 0.29) is 48.9 Å². The third-order valence-corrected chi connectivity index (χ3v) is 5.70. The first-order valence-corrected chi connectivity index (χ1v) is 10.2. The van der Waals surface area contributed by atoms with Gasteiger partial charge in [0.15, 0.2) is 5.90 Å². The van der Waals surface area contributed by atoms with Gasteiger partial charge in [-0.1, -0.05) is 6.07 Å². The molecular weight excluding hydrogens is 431 g/mol. The molecule has 1 aromatic carbocycles. The molecule has 1 aromatic heterocycles. The molecule has 1 aliphatic carbocycles. The topological polar surface area (TPSA) is 95.0 Å². The molecule has 2 aliphatic heterocycles. The lowest BCUT2D eigenvalue weighted by Crippen LogP contribution is -2.44. The third-order valence-electron chi connectivity index (χ3n) is 5.70. The number of ether oxygens (including phenoxy) is 2. The second-order valence-electron chi connectivity index (χ2n) is 7.99. The molecule has 0 radical (unpaired) electrons. The zero-order valence-corrected chi connectivity index (χ0v) is 17.3. The van der Waals surface area contributed by atoms with Crippen LogP contribution in [0.1, 0.15) is 24.8 Å². The number of aliphatic hydroxyl groups is 1. The Morgan fingerprint density at radius 2 is 1.94 bits per heavy atom. The smallest absolute Gasteiger partial charge is 0.442 e. The number of aromatic nitrogens is 2. The number of halogens is 3. The summed E-state index contributed by atoms with van der Waals surface area (Å²) < 4.78 is 49.7. The molecular formula is C21H22F3N3O5. The Kier molecular flexibility index (Phi) is 5.85. The number of hydrogen-bond acceptors (Lipinski definition) is 6. The fraction of sp³-hybridized carbons (Fsp3) is 0.476. The zero-order valence-electron chi connectivity index (χ0n) is 17.3. The number of aliphatic imine (C=N–C) groups is 1. The van der Waals surface area contributed by atoms with Gasteiger partial charge in [0.1, 0.15) is 17.3 Å². The van der Waals surface area contributed by atoms with Gasteiger partial charge in [-0.25, -0.2) is 4.79 Å². The second-order valence-corrected chi connectivity index (χ2v) is 7.99. The lowest BCUT2D eigenvalue weighted by atomic mass is 9.71. The van der Waals surface area contributed by atoms with Gasteiger partial charge in [0.2, 0.25) is 0 Å². The molecule has 3 heterocycles. The predicted molar refractivity (Wildman–Crippen MR) is 108 cm³/mol. The van der Waals surface area contributed by atoms with Crippen molar-refractivity contribution < 1.29 is 27.8 Å². The maximum atomic E-state index is 13.0. The fourth-order valence-electron chi connectivity index (χ4n) is 4.12. The van der Waals surface area contributed by atoms with Crippen LogP contribution in [0, 0.1) is 11.8 Å². The van der Waals surface area contributed by atoms with Gasteiger partial charge in [0.25, 0.3) is 5.56 Å². The Morgan fingerprint density at radius 3 is 2.62 bits per heavy atom. The second kappa shape index (κ2) is 8.45. The number of aliphatic hydroxyl groups excluding tert-OH is 1. The molecule has 1 fully saturated rings. The average molecular weight is 453 g/mol. The summed E-state index contributed by atoms with van der Waals surface area (Å²) in [7, 11) is 1.50. The molecule has 0 spiro atoms. The van der Waals surface area contributed by atoms with Crippen LogP contribution >= 0.6 is 0 Å². The Labute approximate surface area is 180 Å². The number of benzene rings is 1. The summed E-state index contributed by atoms with van der Waals surface area (Å²) in [6.07, 6.45) is -2.65. The largest absolute Gasteiger partial charge is 0.573 e. The van der Waals surface area contributed by atoms with E-state index in [9.17, 15) is 22.8 Å². The van der Waals surface area contributed by atoms with Crippen molar-refractivity contribution in [3.8, 4) is 11.5 Å². The van der Waals surface area contributed by atoms with Gasteiger partial charge in [-0.15, -0.1) is 13.2 Å². The highest BCUT2D eigenvalue weighted by Gasteiger charge is 2.38. The molecule has 0 unspecified atom stereocenters. The Balaban J connectivity index is 1.73. The van der Waals surface area contributed by atoms with Crippen molar-refractivity contribution in [3.05, 3.63) is 50.7 Å². The van der Waals surface area contributed by atoms with E-state index < -0.39 is 23.4 Å². The average Bonchev–Trinajstić information content (AvgIpc) is 2.66. The van der Waals surface area contributed by atoms with Crippen molar-refractivity contribution in [2.24, 2.45) is 23.9 Å². The van der Waals surface area contributed by atoms with Crippen LogP contribution in [0.4, 0.5) is 19.0 Å². The predicted octanol–water partition coefficient (Wildman–Crippen LogP) is 2.52. The van der Waals surface area contributed by atoms with Crippen LogP contribution < -0.4 is 20.7 Å². The molecule has 2 aromatic rings. The van der Waals surface area contributed by atoms with Crippen molar-refractivity contribution in [1.82, 2.24) is 9.13 Å². The van der Waals surface area contributed by atoms with Gasteiger partial charge in [0.05, 0.1) is 5.56 Å². The van der Waals surface area contributed by atoms with Crippen molar-refractivity contribution in [1.29, 1.82) is 0 Å². The molecule has 0 amide bonds. The molecule has 172 valence electrons. The highest BCUT2D eigenvalue weighted by Crippen LogP contribution is 2.41. The van der Waals surface area contributed by atoms with Crippen LogP contribution in [-0.4, -0.2) is 33.1 Å². The molecule has 11 heteroatoms. The van der Waals surface area contributed by atoms with Crippen LogP contribution in [0.2, 0.25) is 0 Å². The summed E-state index contributed by atoms with van der Waals surface area (Å²) in [6.45, 7) is -0.0497. The maximum Gasteiger partial charge on any atom is 0.573 e.